The zero-order valence-corrected chi connectivity index (χ0v) is 13.5. The van der Waals surface area contributed by atoms with Crippen LogP contribution in [0.3, 0.4) is 0 Å². The van der Waals surface area contributed by atoms with Crippen LogP contribution in [-0.4, -0.2) is 40.6 Å². The molecule has 1 unspecified atom stereocenters. The highest BCUT2D eigenvalue weighted by Gasteiger charge is 2.20. The van der Waals surface area contributed by atoms with Crippen LogP contribution in [0, 0.1) is 13.8 Å². The number of aryl methyl sites for hydroxylation is 2. The minimum absolute atomic E-state index is 0.0693. The molecule has 2 rings (SSSR count). The van der Waals surface area contributed by atoms with Crippen LogP contribution in [0.15, 0.2) is 16.5 Å². The van der Waals surface area contributed by atoms with Gasteiger partial charge in [-0.25, -0.2) is 4.98 Å². The number of aliphatic hydroxyl groups excluding tert-OH is 1. The Hall–Kier alpha value is -1.66. The van der Waals surface area contributed by atoms with Gasteiger partial charge in [0.2, 0.25) is 0 Å². The Morgan fingerprint density at radius 3 is 2.76 bits per heavy atom. The van der Waals surface area contributed by atoms with E-state index < -0.39 is 6.10 Å². The van der Waals surface area contributed by atoms with Crippen molar-refractivity contribution in [1.82, 2.24) is 9.88 Å². The lowest BCUT2D eigenvalue weighted by Crippen LogP contribution is -2.29. The third-order valence-corrected chi connectivity index (χ3v) is 4.33. The summed E-state index contributed by atoms with van der Waals surface area (Å²) in [7, 11) is 1.74. The van der Waals surface area contributed by atoms with Crippen LogP contribution in [0.1, 0.15) is 34.5 Å². The lowest BCUT2D eigenvalue weighted by molar-refractivity contribution is 0.0772. The van der Waals surface area contributed by atoms with Crippen molar-refractivity contribution >= 4 is 17.2 Å². The molecule has 0 aliphatic rings. The van der Waals surface area contributed by atoms with Gasteiger partial charge >= 0.3 is 0 Å². The minimum Gasteiger partial charge on any atom is -0.459 e. The quantitative estimate of drug-likeness (QED) is 0.922. The van der Waals surface area contributed by atoms with E-state index in [0.29, 0.717) is 34.3 Å². The van der Waals surface area contributed by atoms with Gasteiger partial charge < -0.3 is 14.4 Å². The Bertz CT molecular complexity index is 631. The number of aliphatic hydroxyl groups is 1. The predicted molar refractivity (Wildman–Crippen MR) is 82.5 cm³/mol. The van der Waals surface area contributed by atoms with E-state index in [4.69, 9.17) is 4.42 Å². The second-order valence-electron chi connectivity index (χ2n) is 5.21. The van der Waals surface area contributed by atoms with Gasteiger partial charge in [0.25, 0.3) is 5.91 Å². The van der Waals surface area contributed by atoms with Gasteiger partial charge in [-0.2, -0.15) is 0 Å². The Morgan fingerprint density at radius 2 is 2.19 bits per heavy atom. The average molecular weight is 308 g/mol. The largest absolute Gasteiger partial charge is 0.459 e. The first-order chi connectivity index (χ1) is 9.88. The molecule has 2 heterocycles. The smallest absolute Gasteiger partial charge is 0.265 e. The second kappa shape index (κ2) is 6.41. The third kappa shape index (κ3) is 3.71. The molecule has 2 aromatic rings. The summed E-state index contributed by atoms with van der Waals surface area (Å²) < 4.78 is 5.55. The Kier molecular flexibility index (Phi) is 4.80. The number of nitrogens with zero attached hydrogens (tertiary/aromatic N) is 2. The summed E-state index contributed by atoms with van der Waals surface area (Å²) in [4.78, 5) is 19.1. The molecule has 1 amide bonds. The zero-order chi connectivity index (χ0) is 15.6. The molecule has 0 saturated heterocycles. The Labute approximate surface area is 128 Å². The summed E-state index contributed by atoms with van der Waals surface area (Å²) in [6.07, 6.45) is 0.147. The number of furan rings is 1. The van der Waals surface area contributed by atoms with Crippen LogP contribution in [0.4, 0.5) is 0 Å². The molecular formula is C15H20N2O3S. The fourth-order valence-corrected chi connectivity index (χ4v) is 2.93. The molecule has 5 nitrogen and oxygen atoms in total. The fourth-order valence-electron chi connectivity index (χ4n) is 1.91. The molecule has 1 N–H and O–H groups in total. The summed E-state index contributed by atoms with van der Waals surface area (Å²) in [5.74, 6) is 1.44. The molecule has 0 saturated carbocycles. The monoisotopic (exact) mass is 308 g/mol. The number of thiazole rings is 1. The first-order valence-electron chi connectivity index (χ1n) is 6.86. The van der Waals surface area contributed by atoms with E-state index in [1.54, 1.807) is 18.9 Å². The van der Waals surface area contributed by atoms with Crippen LogP contribution < -0.4 is 0 Å². The van der Waals surface area contributed by atoms with E-state index in [2.05, 4.69) is 4.98 Å². The van der Waals surface area contributed by atoms with E-state index in [0.717, 1.165) is 5.76 Å². The third-order valence-electron chi connectivity index (χ3n) is 3.17. The fraction of sp³-hybridized carbons (Fsp3) is 0.467. The standard InChI is InChI=1S/C15H20N2O3S/c1-9(18)7-8-17(4)15(19)13-11(3)16-14(21-13)12-6-5-10(2)20-12/h5-6,9,18H,7-8H2,1-4H3. The van der Waals surface area contributed by atoms with Crippen molar-refractivity contribution in [1.29, 1.82) is 0 Å². The van der Waals surface area contributed by atoms with Crippen molar-refractivity contribution in [3.05, 3.63) is 28.5 Å². The van der Waals surface area contributed by atoms with Crippen LogP contribution in [0.5, 0.6) is 0 Å². The van der Waals surface area contributed by atoms with Crippen molar-refractivity contribution in [2.75, 3.05) is 13.6 Å². The molecule has 2 aromatic heterocycles. The SMILES string of the molecule is Cc1ccc(-c2nc(C)c(C(=O)N(C)CCC(C)O)s2)o1. The molecule has 0 aliphatic heterocycles. The van der Waals surface area contributed by atoms with Gasteiger partial charge in [0, 0.05) is 13.6 Å². The van der Waals surface area contributed by atoms with Gasteiger partial charge in [0.15, 0.2) is 10.8 Å². The molecule has 6 heteroatoms. The highest BCUT2D eigenvalue weighted by molar-refractivity contribution is 7.17. The first-order valence-corrected chi connectivity index (χ1v) is 7.68. The van der Waals surface area contributed by atoms with Crippen LogP contribution in [0.25, 0.3) is 10.8 Å². The van der Waals surface area contributed by atoms with Crippen LogP contribution >= 0.6 is 11.3 Å². The highest BCUT2D eigenvalue weighted by Crippen LogP contribution is 2.29. The number of rotatable bonds is 5. The molecule has 0 spiro atoms. The molecule has 114 valence electrons. The Morgan fingerprint density at radius 1 is 1.48 bits per heavy atom. The van der Waals surface area contributed by atoms with Gasteiger partial charge in [-0.1, -0.05) is 0 Å². The minimum atomic E-state index is -0.413. The summed E-state index contributed by atoms with van der Waals surface area (Å²) in [5, 5.41) is 10.0. The molecule has 0 aliphatic carbocycles. The Balaban J connectivity index is 2.17. The van der Waals surface area contributed by atoms with Crippen molar-refractivity contribution in [3.8, 4) is 10.8 Å². The van der Waals surface area contributed by atoms with Crippen molar-refractivity contribution < 1.29 is 14.3 Å². The van der Waals surface area contributed by atoms with E-state index in [1.165, 1.54) is 11.3 Å². The lowest BCUT2D eigenvalue weighted by Gasteiger charge is -2.17. The maximum absolute atomic E-state index is 12.4. The molecule has 0 fully saturated rings. The zero-order valence-electron chi connectivity index (χ0n) is 12.7. The van der Waals surface area contributed by atoms with Crippen molar-refractivity contribution in [3.63, 3.8) is 0 Å². The van der Waals surface area contributed by atoms with Gasteiger partial charge in [-0.15, -0.1) is 11.3 Å². The van der Waals surface area contributed by atoms with E-state index in [9.17, 15) is 9.90 Å². The number of hydrogen-bond donors (Lipinski definition) is 1. The second-order valence-corrected chi connectivity index (χ2v) is 6.21. The number of aromatic nitrogens is 1. The summed E-state index contributed by atoms with van der Waals surface area (Å²) >= 11 is 1.34. The summed E-state index contributed by atoms with van der Waals surface area (Å²) in [6, 6.07) is 3.74. The summed E-state index contributed by atoms with van der Waals surface area (Å²) in [6.45, 7) is 5.93. The van der Waals surface area contributed by atoms with Gasteiger partial charge in [-0.3, -0.25) is 4.79 Å². The van der Waals surface area contributed by atoms with Gasteiger partial charge in [-0.05, 0) is 39.3 Å². The average Bonchev–Trinajstić information content (AvgIpc) is 3.01. The normalized spacial score (nSPS) is 12.4. The molecule has 0 radical (unpaired) electrons. The summed E-state index contributed by atoms with van der Waals surface area (Å²) in [5.41, 5.74) is 0.706. The van der Waals surface area contributed by atoms with Crippen LogP contribution in [-0.2, 0) is 0 Å². The lowest BCUT2D eigenvalue weighted by atomic mass is 10.2. The number of carbonyl (C=O) groups is 1. The van der Waals surface area contributed by atoms with Gasteiger partial charge in [0.1, 0.15) is 10.6 Å². The molecular weight excluding hydrogens is 288 g/mol. The highest BCUT2D eigenvalue weighted by atomic mass is 32.1. The van der Waals surface area contributed by atoms with Crippen LogP contribution in [0.2, 0.25) is 0 Å². The van der Waals surface area contributed by atoms with Gasteiger partial charge in [0.05, 0.1) is 11.8 Å². The number of amides is 1. The molecule has 0 aromatic carbocycles. The van der Waals surface area contributed by atoms with Crippen molar-refractivity contribution in [2.24, 2.45) is 0 Å². The van der Waals surface area contributed by atoms with E-state index in [1.807, 2.05) is 26.0 Å². The predicted octanol–water partition coefficient (Wildman–Crippen LogP) is 2.86. The maximum atomic E-state index is 12.4. The molecule has 1 atom stereocenters. The van der Waals surface area contributed by atoms with E-state index in [-0.39, 0.29) is 5.91 Å². The maximum Gasteiger partial charge on any atom is 0.265 e. The van der Waals surface area contributed by atoms with E-state index >= 15 is 0 Å². The topological polar surface area (TPSA) is 66.6 Å². The first kappa shape index (κ1) is 15.7. The molecule has 0 bridgehead atoms. The van der Waals surface area contributed by atoms with Crippen molar-refractivity contribution in [2.45, 2.75) is 33.3 Å². The number of hydrogen-bond acceptors (Lipinski definition) is 5. The molecule has 21 heavy (non-hydrogen) atoms. The number of carbonyl (C=O) groups excluding carboxylic acids is 1.